The summed E-state index contributed by atoms with van der Waals surface area (Å²) in [6.45, 7) is 0. The van der Waals surface area contributed by atoms with Crippen molar-refractivity contribution in [3.63, 3.8) is 0 Å². The molecule has 0 bridgehead atoms. The Labute approximate surface area is 134 Å². The Bertz CT molecular complexity index is 750. The smallest absolute Gasteiger partial charge is 0.158 e. The van der Waals surface area contributed by atoms with Crippen LogP contribution < -0.4 is 21.0 Å². The molecule has 0 aromatic heterocycles. The number of hydrazine groups is 1. The number of amidine groups is 1. The summed E-state index contributed by atoms with van der Waals surface area (Å²) in [5, 5.41) is 15.4. The minimum absolute atomic E-state index is 0.373. The normalized spacial score (nSPS) is 13.1. The van der Waals surface area contributed by atoms with Crippen LogP contribution in [-0.4, -0.2) is 18.6 Å². The standard InChI is InChI=1S/C17H17N5O/c1-19-17-15(11-20-22-21-17)16(18)12-7-9-14(10-8-12)23-13-5-3-2-4-6-13/h2-11,18,20,22H,1H3,(H,19,21). The van der Waals surface area contributed by atoms with Gasteiger partial charge in [0.05, 0.1) is 11.3 Å². The molecular weight excluding hydrogens is 290 g/mol. The van der Waals surface area contributed by atoms with E-state index >= 15 is 0 Å². The lowest BCUT2D eigenvalue weighted by Gasteiger charge is -2.17. The molecule has 6 nitrogen and oxygen atoms in total. The molecule has 116 valence electrons. The van der Waals surface area contributed by atoms with Gasteiger partial charge in [0, 0.05) is 18.8 Å². The molecule has 1 aliphatic rings. The van der Waals surface area contributed by atoms with Gasteiger partial charge >= 0.3 is 0 Å². The van der Waals surface area contributed by atoms with Gasteiger partial charge in [-0.3, -0.25) is 10.8 Å². The summed E-state index contributed by atoms with van der Waals surface area (Å²) in [6.07, 6.45) is 1.70. The van der Waals surface area contributed by atoms with E-state index < -0.39 is 0 Å². The van der Waals surface area contributed by atoms with E-state index in [9.17, 15) is 0 Å². The average Bonchev–Trinajstić information content (AvgIpc) is 2.62. The van der Waals surface area contributed by atoms with Gasteiger partial charge in [0.2, 0.25) is 0 Å². The molecule has 0 radical (unpaired) electrons. The zero-order valence-corrected chi connectivity index (χ0v) is 12.6. The van der Waals surface area contributed by atoms with Crippen LogP contribution in [0.25, 0.3) is 0 Å². The molecule has 0 unspecified atom stereocenters. The molecule has 0 amide bonds. The van der Waals surface area contributed by atoms with Crippen LogP contribution in [0, 0.1) is 5.41 Å². The number of rotatable bonds is 4. The van der Waals surface area contributed by atoms with Gasteiger partial charge in [-0.2, -0.15) is 0 Å². The first kappa shape index (κ1) is 14.6. The van der Waals surface area contributed by atoms with Crippen molar-refractivity contribution in [1.82, 2.24) is 16.3 Å². The summed E-state index contributed by atoms with van der Waals surface area (Å²) in [6, 6.07) is 17.0. The highest BCUT2D eigenvalue weighted by molar-refractivity contribution is 6.28. The third kappa shape index (κ3) is 3.32. The molecule has 0 fully saturated rings. The van der Waals surface area contributed by atoms with E-state index in [0.29, 0.717) is 17.1 Å². The maximum absolute atomic E-state index is 8.35. The highest BCUT2D eigenvalue weighted by Crippen LogP contribution is 2.22. The Morgan fingerprint density at radius 3 is 2.43 bits per heavy atom. The number of ether oxygens (including phenoxy) is 1. The van der Waals surface area contributed by atoms with Crippen LogP contribution in [0.2, 0.25) is 0 Å². The summed E-state index contributed by atoms with van der Waals surface area (Å²) in [5.74, 6) is 2.12. The van der Waals surface area contributed by atoms with Crippen LogP contribution in [0.1, 0.15) is 5.56 Å². The second-order valence-corrected chi connectivity index (χ2v) is 4.84. The lowest BCUT2D eigenvalue weighted by Crippen LogP contribution is -2.37. The first-order valence-electron chi connectivity index (χ1n) is 7.16. The van der Waals surface area contributed by atoms with Crippen molar-refractivity contribution in [3.05, 3.63) is 71.9 Å². The zero-order valence-electron chi connectivity index (χ0n) is 12.6. The van der Waals surface area contributed by atoms with E-state index in [0.717, 1.165) is 17.1 Å². The van der Waals surface area contributed by atoms with Crippen LogP contribution in [0.3, 0.4) is 0 Å². The fourth-order valence-corrected chi connectivity index (χ4v) is 2.17. The Hall–Kier alpha value is -3.28. The number of hydrazone groups is 1. The van der Waals surface area contributed by atoms with E-state index in [4.69, 9.17) is 10.1 Å². The van der Waals surface area contributed by atoms with Crippen molar-refractivity contribution in [2.24, 2.45) is 5.10 Å². The number of nitrogens with zero attached hydrogens (tertiary/aromatic N) is 1. The maximum Gasteiger partial charge on any atom is 0.158 e. The van der Waals surface area contributed by atoms with Crippen LogP contribution in [0.4, 0.5) is 0 Å². The first-order valence-corrected chi connectivity index (χ1v) is 7.16. The SMILES string of the molecule is CNC1=NNNC=C1C(=N)c1ccc(Oc2ccccc2)cc1. The fraction of sp³-hybridized carbons (Fsp3) is 0.0588. The number of nitrogens with one attached hydrogen (secondary N) is 4. The highest BCUT2D eigenvalue weighted by Gasteiger charge is 2.16. The lowest BCUT2D eigenvalue weighted by atomic mass is 10.0. The number of para-hydroxylation sites is 1. The van der Waals surface area contributed by atoms with E-state index in [1.807, 2.05) is 54.6 Å². The van der Waals surface area contributed by atoms with Gasteiger partial charge in [-0.05, 0) is 36.4 Å². The molecule has 0 aliphatic carbocycles. The van der Waals surface area contributed by atoms with Crippen LogP contribution in [0.5, 0.6) is 11.5 Å². The van der Waals surface area contributed by atoms with Gasteiger partial charge < -0.3 is 10.1 Å². The molecule has 1 heterocycles. The van der Waals surface area contributed by atoms with Gasteiger partial charge in [0.25, 0.3) is 0 Å². The summed E-state index contributed by atoms with van der Waals surface area (Å²) in [5.41, 5.74) is 7.27. The second kappa shape index (κ2) is 6.65. The predicted molar refractivity (Wildman–Crippen MR) is 90.6 cm³/mol. The first-order chi connectivity index (χ1) is 11.3. The quantitative estimate of drug-likeness (QED) is 0.654. The molecule has 6 heteroatoms. The van der Waals surface area contributed by atoms with E-state index in [1.165, 1.54) is 0 Å². The zero-order chi connectivity index (χ0) is 16.1. The van der Waals surface area contributed by atoms with Gasteiger partial charge in [-0.25, -0.2) is 5.53 Å². The van der Waals surface area contributed by atoms with Crippen molar-refractivity contribution in [3.8, 4) is 11.5 Å². The molecule has 0 spiro atoms. The van der Waals surface area contributed by atoms with Crippen molar-refractivity contribution in [2.75, 3.05) is 7.05 Å². The Morgan fingerprint density at radius 2 is 1.74 bits per heavy atom. The van der Waals surface area contributed by atoms with E-state index in [1.54, 1.807) is 13.2 Å². The predicted octanol–water partition coefficient (Wildman–Crippen LogP) is 2.37. The third-order valence-electron chi connectivity index (χ3n) is 3.33. The molecule has 23 heavy (non-hydrogen) atoms. The minimum Gasteiger partial charge on any atom is -0.457 e. The van der Waals surface area contributed by atoms with Crippen LogP contribution >= 0.6 is 0 Å². The third-order valence-corrected chi connectivity index (χ3v) is 3.33. The number of hydrogen-bond acceptors (Lipinski definition) is 6. The van der Waals surface area contributed by atoms with Gasteiger partial charge in [0.1, 0.15) is 11.5 Å². The van der Waals surface area contributed by atoms with Gasteiger partial charge in [0.15, 0.2) is 5.84 Å². The maximum atomic E-state index is 8.35. The lowest BCUT2D eigenvalue weighted by molar-refractivity contribution is 0.482. The number of likely N-dealkylation sites (N-methyl/N-ethyl adjacent to an activating group) is 1. The molecular formula is C17H17N5O. The number of benzene rings is 2. The molecule has 1 aliphatic heterocycles. The summed E-state index contributed by atoms with van der Waals surface area (Å²) < 4.78 is 5.76. The van der Waals surface area contributed by atoms with Crippen molar-refractivity contribution in [1.29, 1.82) is 5.41 Å². The topological polar surface area (TPSA) is 81.5 Å². The Kier molecular flexibility index (Phi) is 4.24. The molecule has 4 N–H and O–H groups in total. The summed E-state index contributed by atoms with van der Waals surface area (Å²) >= 11 is 0. The van der Waals surface area contributed by atoms with Crippen LogP contribution in [0.15, 0.2) is 71.5 Å². The largest absolute Gasteiger partial charge is 0.457 e. The van der Waals surface area contributed by atoms with E-state index in [-0.39, 0.29) is 0 Å². The Balaban J connectivity index is 1.75. The van der Waals surface area contributed by atoms with Gasteiger partial charge in [-0.1, -0.05) is 18.2 Å². The van der Waals surface area contributed by atoms with Crippen LogP contribution in [-0.2, 0) is 0 Å². The average molecular weight is 307 g/mol. The van der Waals surface area contributed by atoms with E-state index in [2.05, 4.69) is 21.4 Å². The second-order valence-electron chi connectivity index (χ2n) is 4.84. The number of hydrogen-bond donors (Lipinski definition) is 4. The molecule has 3 rings (SSSR count). The van der Waals surface area contributed by atoms with Crippen molar-refractivity contribution >= 4 is 11.5 Å². The van der Waals surface area contributed by atoms with Crippen molar-refractivity contribution in [2.45, 2.75) is 0 Å². The highest BCUT2D eigenvalue weighted by atomic mass is 16.5. The summed E-state index contributed by atoms with van der Waals surface area (Å²) in [7, 11) is 1.77. The fourth-order valence-electron chi connectivity index (χ4n) is 2.17. The molecule has 0 saturated heterocycles. The minimum atomic E-state index is 0.373. The molecule has 0 saturated carbocycles. The molecule has 0 atom stereocenters. The molecule has 2 aromatic rings. The Morgan fingerprint density at radius 1 is 1.04 bits per heavy atom. The molecule has 2 aromatic carbocycles. The van der Waals surface area contributed by atoms with Gasteiger partial charge in [-0.15, -0.1) is 5.10 Å². The van der Waals surface area contributed by atoms with Crippen molar-refractivity contribution < 1.29 is 4.74 Å². The monoisotopic (exact) mass is 307 g/mol. The summed E-state index contributed by atoms with van der Waals surface area (Å²) in [4.78, 5) is 0.